The van der Waals surface area contributed by atoms with Gasteiger partial charge >= 0.3 is 23.9 Å². The molecule has 4 aliphatic rings. The first-order valence-corrected chi connectivity index (χ1v) is 35.1. The Kier molecular flexibility index (Phi) is 34.2. The molecule has 22 heteroatoms. The minimum Gasteiger partial charge on any atom is -0.481 e. The number of aryl methyl sites for hydroxylation is 3. The predicted octanol–water partition coefficient (Wildman–Crippen LogP) is 15.7. The first kappa shape index (κ1) is 81.8. The lowest BCUT2D eigenvalue weighted by Crippen LogP contribution is -2.43. The molecule has 0 radical (unpaired) electrons. The number of hydrogen-bond donors (Lipinski definition) is 4. The maximum absolute atomic E-state index is 12.6. The van der Waals surface area contributed by atoms with Crippen molar-refractivity contribution < 1.29 is 52.6 Å². The van der Waals surface area contributed by atoms with Crippen molar-refractivity contribution in [2.24, 2.45) is 29.4 Å². The fraction of sp³-hybridized carbons (Fsp3) is 0.500. The Labute approximate surface area is 597 Å². The largest absolute Gasteiger partial charge is 0.481 e. The number of carboxylic acid groups (broad SMARTS) is 1. The zero-order valence-corrected chi connectivity index (χ0v) is 59.8. The summed E-state index contributed by atoms with van der Waals surface area (Å²) in [6.07, 6.45) is 9.98. The molecule has 0 spiro atoms. The van der Waals surface area contributed by atoms with Crippen molar-refractivity contribution in [1.29, 1.82) is 0 Å². The third-order valence-electron chi connectivity index (χ3n) is 17.2. The van der Waals surface area contributed by atoms with Crippen LogP contribution in [0.15, 0.2) is 124 Å². The minimum absolute atomic E-state index is 0. The molecule has 534 valence electrons. The zero-order valence-electron chi connectivity index (χ0n) is 56.8. The van der Waals surface area contributed by atoms with E-state index in [1.807, 2.05) is 139 Å². The highest BCUT2D eigenvalue weighted by Gasteiger charge is 2.32. The van der Waals surface area contributed by atoms with Crippen LogP contribution in [0.4, 0.5) is 9.59 Å². The second-order valence-corrected chi connectivity index (χ2v) is 28.7. The van der Waals surface area contributed by atoms with E-state index in [1.165, 1.54) is 5.56 Å². The maximum atomic E-state index is 12.6. The number of H-pyrrole nitrogens is 1. The lowest BCUT2D eigenvalue weighted by Gasteiger charge is -2.33. The van der Waals surface area contributed by atoms with Gasteiger partial charge in [-0.3, -0.25) is 29.0 Å². The van der Waals surface area contributed by atoms with Gasteiger partial charge in [-0.25, -0.2) is 14.4 Å². The maximum Gasteiger partial charge on any atom is 0.417 e. The number of nitrogens with two attached hydrogens (primary N) is 1. The van der Waals surface area contributed by atoms with E-state index in [-0.39, 0.29) is 54.9 Å². The number of nitrogens with zero attached hydrogens (tertiary/aromatic N) is 3. The lowest BCUT2D eigenvalue weighted by atomic mass is 9.89. The second kappa shape index (κ2) is 41.0. The van der Waals surface area contributed by atoms with Gasteiger partial charge in [0.1, 0.15) is 28.6 Å². The standard InChI is InChI=1S/C24H25ClN2O4.C19H26ClNO3.C14H18ClNO.C11H19NO4.C7H8ClN.CH4/c25-19-5-1-16(2-6-19)3-8-21(28)17-9-12-27(13-10-17)14-11-22(29)18-4-7-20-23(15-18)31-24(30)26-20;1-19(2,3)24-18(23)21-12-10-15(11-13-21)17(22)9-6-14-4-7-16(20)8-5-14;15-13-4-1-11(2-5-13)3-6-14(17)12-7-9-16-10-8-12;1-11(2,3)16-10(15)12-6-4-8(5-7-12)9(13)14;8-7-3-1-6(5-9)2-4-7;/h1-2,4-7,15,17H,3,8-14H2,(H,26,30);4-5,7-8,15H,6,9-13H2,1-3H3;1-2,4-5,12,16H,3,6-10H2;8H,4-7H2,1-3H3,(H,13,14);1-4H,5,9H2;1H4. The van der Waals surface area contributed by atoms with Gasteiger partial charge in [0.2, 0.25) is 0 Å². The van der Waals surface area contributed by atoms with Crippen LogP contribution in [0.3, 0.4) is 0 Å². The van der Waals surface area contributed by atoms with Crippen LogP contribution in [-0.2, 0) is 54.5 Å². The van der Waals surface area contributed by atoms with Crippen LogP contribution in [0.25, 0.3) is 11.1 Å². The molecule has 98 heavy (non-hydrogen) atoms. The van der Waals surface area contributed by atoms with Gasteiger partial charge in [-0.15, -0.1) is 0 Å². The van der Waals surface area contributed by atoms with Crippen LogP contribution < -0.4 is 16.8 Å². The summed E-state index contributed by atoms with van der Waals surface area (Å²) in [5.41, 5.74) is 10.5. The smallest absolute Gasteiger partial charge is 0.417 e. The average molecular weight is 1430 g/mol. The van der Waals surface area contributed by atoms with Crippen molar-refractivity contribution in [1.82, 2.24) is 25.0 Å². The number of rotatable bonds is 18. The molecule has 4 fully saturated rings. The van der Waals surface area contributed by atoms with Crippen LogP contribution in [0.1, 0.15) is 159 Å². The Morgan fingerprint density at radius 1 is 0.510 bits per heavy atom. The highest BCUT2D eigenvalue weighted by Crippen LogP contribution is 2.26. The fourth-order valence-corrected chi connectivity index (χ4v) is 12.0. The third-order valence-corrected chi connectivity index (χ3v) is 18.2. The van der Waals surface area contributed by atoms with Gasteiger partial charge in [0.05, 0.1) is 11.4 Å². The van der Waals surface area contributed by atoms with E-state index in [0.717, 1.165) is 111 Å². The molecule has 0 atom stereocenters. The molecule has 1 aromatic heterocycles. The Bertz CT molecular complexity index is 3520. The molecule has 0 aliphatic carbocycles. The number of carbonyl (C=O) groups excluding carboxylic acids is 6. The summed E-state index contributed by atoms with van der Waals surface area (Å²) in [7, 11) is 0. The zero-order chi connectivity index (χ0) is 70.7. The number of amides is 2. The number of Topliss-reactive ketones (excluding diaryl/α,β-unsaturated/α-hetero) is 4. The summed E-state index contributed by atoms with van der Waals surface area (Å²) in [6.45, 7) is 18.0. The molecular formula is C76H100Cl4N6O12. The lowest BCUT2D eigenvalue weighted by molar-refractivity contribution is -0.143. The molecule has 4 saturated heterocycles. The number of oxazole rings is 1. The number of ketones is 4. The summed E-state index contributed by atoms with van der Waals surface area (Å²) in [6, 6.07) is 35.5. The molecule has 5 heterocycles. The van der Waals surface area contributed by atoms with Crippen molar-refractivity contribution in [2.45, 2.75) is 163 Å². The van der Waals surface area contributed by atoms with Gasteiger partial charge in [-0.2, -0.15) is 0 Å². The van der Waals surface area contributed by atoms with E-state index in [2.05, 4.69) is 15.2 Å². The number of piperidine rings is 4. The van der Waals surface area contributed by atoms with Gasteiger partial charge < -0.3 is 44.7 Å². The molecule has 0 saturated carbocycles. The molecule has 5 N–H and O–H groups in total. The summed E-state index contributed by atoms with van der Waals surface area (Å²) in [4.78, 5) is 103. The quantitative estimate of drug-likeness (QED) is 0.0584. The normalized spacial score (nSPS) is 15.6. The number of benzene rings is 5. The van der Waals surface area contributed by atoms with E-state index in [0.29, 0.717) is 116 Å². The van der Waals surface area contributed by atoms with E-state index in [9.17, 15) is 38.4 Å². The van der Waals surface area contributed by atoms with Crippen molar-refractivity contribution in [3.63, 3.8) is 0 Å². The van der Waals surface area contributed by atoms with E-state index >= 15 is 0 Å². The first-order valence-electron chi connectivity index (χ1n) is 33.6. The molecule has 4 aliphatic heterocycles. The topological polar surface area (TPSA) is 252 Å². The Balaban J connectivity index is 0.000000232. The summed E-state index contributed by atoms with van der Waals surface area (Å²) in [5, 5.41) is 15.0. The first-order chi connectivity index (χ1) is 46.1. The van der Waals surface area contributed by atoms with E-state index < -0.39 is 22.9 Å². The SMILES string of the molecule is C.CC(C)(C)OC(=O)N1CCC(C(=O)CCc2ccc(Cl)cc2)CC1.CC(C)(C)OC(=O)N1CCC(C(=O)O)CC1.NCc1ccc(Cl)cc1.O=C(CCN1CCC(C(=O)CCc2ccc(Cl)cc2)CC1)c1ccc2[nH]c(=O)oc2c1.O=C(CCc1ccc(Cl)cc1)C1CCNCC1. The fourth-order valence-electron chi connectivity index (χ4n) is 11.5. The number of ether oxygens (including phenoxy) is 2. The number of carboxylic acids is 1. The van der Waals surface area contributed by atoms with Gasteiger partial charge in [0.25, 0.3) is 0 Å². The number of likely N-dealkylation sites (tertiary alicyclic amines) is 3. The van der Waals surface area contributed by atoms with Gasteiger partial charge in [-0.1, -0.05) is 102 Å². The molecule has 2 amide bonds. The number of hydrogen-bond acceptors (Lipinski definition) is 14. The number of fused-ring (bicyclic) bond motifs is 1. The number of carbonyl (C=O) groups is 7. The number of aliphatic carboxylic acids is 1. The summed E-state index contributed by atoms with van der Waals surface area (Å²) in [5.74, 6) is -0.125. The van der Waals surface area contributed by atoms with Crippen molar-refractivity contribution in [3.05, 3.63) is 174 Å². The molecule has 10 rings (SSSR count). The van der Waals surface area contributed by atoms with Gasteiger partial charge in [0.15, 0.2) is 11.4 Å². The van der Waals surface area contributed by atoms with Crippen molar-refractivity contribution in [3.8, 4) is 0 Å². The Morgan fingerprint density at radius 2 is 0.867 bits per heavy atom. The molecule has 6 aromatic rings. The second-order valence-electron chi connectivity index (χ2n) is 27.0. The Morgan fingerprint density at radius 3 is 1.23 bits per heavy atom. The number of halogens is 4. The van der Waals surface area contributed by atoms with E-state index in [1.54, 1.807) is 28.0 Å². The third kappa shape index (κ3) is 29.9. The highest BCUT2D eigenvalue weighted by atomic mass is 35.5. The molecular weight excluding hydrogens is 1330 g/mol. The van der Waals surface area contributed by atoms with Crippen LogP contribution in [0, 0.1) is 23.7 Å². The van der Waals surface area contributed by atoms with Crippen LogP contribution in [0.2, 0.25) is 20.1 Å². The van der Waals surface area contributed by atoms with Gasteiger partial charge in [-0.05, 0) is 227 Å². The number of aromatic nitrogens is 1. The molecule has 18 nitrogen and oxygen atoms in total. The summed E-state index contributed by atoms with van der Waals surface area (Å²) >= 11 is 23.2. The van der Waals surface area contributed by atoms with Gasteiger partial charge in [0, 0.05) is 108 Å². The number of nitrogens with one attached hydrogen (secondary N) is 2. The van der Waals surface area contributed by atoms with E-state index in [4.69, 9.17) is 71.1 Å². The highest BCUT2D eigenvalue weighted by molar-refractivity contribution is 6.31. The molecule has 0 bridgehead atoms. The Hall–Kier alpha value is -6.90. The van der Waals surface area contributed by atoms with Crippen LogP contribution in [0.5, 0.6) is 0 Å². The predicted molar refractivity (Wildman–Crippen MR) is 390 cm³/mol. The number of aromatic amines is 1. The summed E-state index contributed by atoms with van der Waals surface area (Å²) < 4.78 is 15.6. The van der Waals surface area contributed by atoms with Crippen molar-refractivity contribution in [2.75, 3.05) is 58.9 Å². The molecule has 0 unspecified atom stereocenters. The monoisotopic (exact) mass is 1430 g/mol. The van der Waals surface area contributed by atoms with Crippen LogP contribution in [-0.4, -0.2) is 136 Å². The van der Waals surface area contributed by atoms with Crippen LogP contribution >= 0.6 is 46.4 Å². The molecule has 5 aromatic carbocycles. The average Bonchev–Trinajstić information content (AvgIpc) is 1.49. The van der Waals surface area contributed by atoms with Crippen molar-refractivity contribution >= 4 is 98.8 Å². The minimum atomic E-state index is -0.774.